The SMILES string of the molecule is COc1ccc(-c2noc(CCC(=O)N[C@H]3CCC[C@@H](C)C3)n2)cc1. The summed E-state index contributed by atoms with van der Waals surface area (Å²) in [6.07, 6.45) is 5.45. The minimum absolute atomic E-state index is 0.0586. The van der Waals surface area contributed by atoms with E-state index in [1.807, 2.05) is 24.3 Å². The Hall–Kier alpha value is -2.37. The summed E-state index contributed by atoms with van der Waals surface area (Å²) < 4.78 is 10.4. The summed E-state index contributed by atoms with van der Waals surface area (Å²) in [5.41, 5.74) is 0.858. The average molecular weight is 343 g/mol. The fourth-order valence-corrected chi connectivity index (χ4v) is 3.30. The normalized spacial score (nSPS) is 20.2. The minimum atomic E-state index is 0.0586. The Bertz CT molecular complexity index is 696. The van der Waals surface area contributed by atoms with E-state index >= 15 is 0 Å². The lowest BCUT2D eigenvalue weighted by Gasteiger charge is -2.27. The standard InChI is InChI=1S/C19H25N3O3/c1-13-4-3-5-15(12-13)20-17(23)10-11-18-21-19(22-25-18)14-6-8-16(24-2)9-7-14/h6-9,13,15H,3-5,10-12H2,1-2H3,(H,20,23)/t13-,15+/m1/s1. The smallest absolute Gasteiger partial charge is 0.227 e. The molecule has 1 aromatic carbocycles. The summed E-state index contributed by atoms with van der Waals surface area (Å²) in [7, 11) is 1.63. The molecule has 3 rings (SSSR count). The number of amides is 1. The molecule has 2 aromatic rings. The predicted molar refractivity (Wildman–Crippen MR) is 94.2 cm³/mol. The Morgan fingerprint density at radius 3 is 2.84 bits per heavy atom. The molecule has 6 nitrogen and oxygen atoms in total. The van der Waals surface area contributed by atoms with Crippen molar-refractivity contribution in [3.05, 3.63) is 30.2 Å². The minimum Gasteiger partial charge on any atom is -0.497 e. The molecule has 1 saturated carbocycles. The number of hydrogen-bond acceptors (Lipinski definition) is 5. The van der Waals surface area contributed by atoms with Crippen LogP contribution in [0.2, 0.25) is 0 Å². The second kappa shape index (κ2) is 8.14. The van der Waals surface area contributed by atoms with Crippen LogP contribution in [0, 0.1) is 5.92 Å². The lowest BCUT2D eigenvalue weighted by molar-refractivity contribution is -0.122. The van der Waals surface area contributed by atoms with Gasteiger partial charge in [0, 0.05) is 24.4 Å². The van der Waals surface area contributed by atoms with E-state index in [0.717, 1.165) is 24.2 Å². The number of ether oxygens (including phenoxy) is 1. The van der Waals surface area contributed by atoms with E-state index in [-0.39, 0.29) is 5.91 Å². The van der Waals surface area contributed by atoms with E-state index in [4.69, 9.17) is 9.26 Å². The molecule has 0 unspecified atom stereocenters. The first-order chi connectivity index (χ1) is 12.1. The summed E-state index contributed by atoms with van der Waals surface area (Å²) in [5, 5.41) is 7.11. The number of nitrogens with zero attached hydrogens (tertiary/aromatic N) is 2. The van der Waals surface area contributed by atoms with Gasteiger partial charge in [0.25, 0.3) is 0 Å². The second-order valence-corrected chi connectivity index (χ2v) is 6.78. The Labute approximate surface area is 148 Å². The highest BCUT2D eigenvalue weighted by atomic mass is 16.5. The highest BCUT2D eigenvalue weighted by Crippen LogP contribution is 2.23. The van der Waals surface area contributed by atoms with Crippen LogP contribution >= 0.6 is 0 Å². The second-order valence-electron chi connectivity index (χ2n) is 6.78. The number of methoxy groups -OCH3 is 1. The van der Waals surface area contributed by atoms with Crippen molar-refractivity contribution in [3.63, 3.8) is 0 Å². The molecule has 134 valence electrons. The maximum atomic E-state index is 12.1. The fourth-order valence-electron chi connectivity index (χ4n) is 3.30. The van der Waals surface area contributed by atoms with Gasteiger partial charge in [-0.2, -0.15) is 4.98 Å². The van der Waals surface area contributed by atoms with Gasteiger partial charge < -0.3 is 14.6 Å². The van der Waals surface area contributed by atoms with E-state index in [9.17, 15) is 4.79 Å². The van der Waals surface area contributed by atoms with Crippen molar-refractivity contribution >= 4 is 5.91 Å². The van der Waals surface area contributed by atoms with Gasteiger partial charge in [-0.3, -0.25) is 4.79 Å². The Kier molecular flexibility index (Phi) is 5.68. The fraction of sp³-hybridized carbons (Fsp3) is 0.526. The number of aromatic nitrogens is 2. The Balaban J connectivity index is 1.50. The third-order valence-corrected chi connectivity index (χ3v) is 4.68. The molecule has 0 aliphatic heterocycles. The molecule has 2 atom stereocenters. The molecule has 0 radical (unpaired) electrons. The molecule has 1 heterocycles. The van der Waals surface area contributed by atoms with Crippen LogP contribution in [0.3, 0.4) is 0 Å². The maximum Gasteiger partial charge on any atom is 0.227 e. The highest BCUT2D eigenvalue weighted by molar-refractivity contribution is 5.76. The molecule has 1 aromatic heterocycles. The number of carbonyl (C=O) groups is 1. The monoisotopic (exact) mass is 343 g/mol. The van der Waals surface area contributed by atoms with Crippen molar-refractivity contribution < 1.29 is 14.1 Å². The number of benzene rings is 1. The van der Waals surface area contributed by atoms with Gasteiger partial charge in [0.05, 0.1) is 7.11 Å². The van der Waals surface area contributed by atoms with Crippen LogP contribution in [0.25, 0.3) is 11.4 Å². The molecule has 25 heavy (non-hydrogen) atoms. The van der Waals surface area contributed by atoms with Gasteiger partial charge in [-0.25, -0.2) is 0 Å². The van der Waals surface area contributed by atoms with Crippen LogP contribution in [0.1, 0.15) is 44.9 Å². The number of rotatable bonds is 6. The van der Waals surface area contributed by atoms with Crippen LogP contribution in [-0.2, 0) is 11.2 Å². The summed E-state index contributed by atoms with van der Waals surface area (Å²) in [6, 6.07) is 7.77. The zero-order valence-electron chi connectivity index (χ0n) is 14.8. The number of nitrogens with one attached hydrogen (secondary N) is 1. The van der Waals surface area contributed by atoms with Crippen molar-refractivity contribution in [1.29, 1.82) is 0 Å². The molecule has 1 N–H and O–H groups in total. The van der Waals surface area contributed by atoms with Crippen LogP contribution < -0.4 is 10.1 Å². The van der Waals surface area contributed by atoms with Gasteiger partial charge in [-0.1, -0.05) is 24.9 Å². The molecule has 0 saturated heterocycles. The predicted octanol–water partition coefficient (Wildman–Crippen LogP) is 3.37. The van der Waals surface area contributed by atoms with E-state index in [2.05, 4.69) is 22.4 Å². The van der Waals surface area contributed by atoms with E-state index < -0.39 is 0 Å². The van der Waals surface area contributed by atoms with Gasteiger partial charge in [0.15, 0.2) is 0 Å². The number of carbonyl (C=O) groups excluding carboxylic acids is 1. The van der Waals surface area contributed by atoms with Gasteiger partial charge in [0.2, 0.25) is 17.6 Å². The summed E-state index contributed by atoms with van der Waals surface area (Å²) in [5.74, 6) is 2.55. The molecular formula is C19H25N3O3. The third kappa shape index (κ3) is 4.81. The van der Waals surface area contributed by atoms with Gasteiger partial charge in [-0.15, -0.1) is 0 Å². The zero-order valence-corrected chi connectivity index (χ0v) is 14.8. The molecule has 1 aliphatic carbocycles. The quantitative estimate of drug-likeness (QED) is 0.870. The van der Waals surface area contributed by atoms with Crippen molar-refractivity contribution in [2.45, 2.75) is 51.5 Å². The topological polar surface area (TPSA) is 77.2 Å². The zero-order chi connectivity index (χ0) is 17.6. The molecule has 6 heteroatoms. The van der Waals surface area contributed by atoms with Crippen molar-refractivity contribution in [1.82, 2.24) is 15.5 Å². The Morgan fingerprint density at radius 1 is 1.32 bits per heavy atom. The number of hydrogen-bond donors (Lipinski definition) is 1. The lowest BCUT2D eigenvalue weighted by atomic mass is 9.87. The van der Waals surface area contributed by atoms with E-state index in [1.54, 1.807) is 7.11 Å². The first kappa shape index (κ1) is 17.5. The van der Waals surface area contributed by atoms with Crippen molar-refractivity contribution in [2.24, 2.45) is 5.92 Å². The van der Waals surface area contributed by atoms with Crippen molar-refractivity contribution in [3.8, 4) is 17.1 Å². The van der Waals surface area contributed by atoms with Crippen LogP contribution in [-0.4, -0.2) is 29.2 Å². The van der Waals surface area contributed by atoms with Gasteiger partial charge >= 0.3 is 0 Å². The maximum absolute atomic E-state index is 12.1. The van der Waals surface area contributed by atoms with Crippen LogP contribution in [0.4, 0.5) is 0 Å². The van der Waals surface area contributed by atoms with Gasteiger partial charge in [-0.05, 0) is 43.0 Å². The van der Waals surface area contributed by atoms with Crippen molar-refractivity contribution in [2.75, 3.05) is 7.11 Å². The van der Waals surface area contributed by atoms with Gasteiger partial charge in [0.1, 0.15) is 5.75 Å². The molecule has 1 fully saturated rings. The first-order valence-corrected chi connectivity index (χ1v) is 8.90. The Morgan fingerprint density at radius 2 is 2.12 bits per heavy atom. The molecule has 0 spiro atoms. The average Bonchev–Trinajstić information content (AvgIpc) is 3.09. The molecular weight excluding hydrogens is 318 g/mol. The largest absolute Gasteiger partial charge is 0.497 e. The summed E-state index contributed by atoms with van der Waals surface area (Å²) in [6.45, 7) is 2.25. The molecule has 1 aliphatic rings. The third-order valence-electron chi connectivity index (χ3n) is 4.68. The molecule has 1 amide bonds. The summed E-state index contributed by atoms with van der Waals surface area (Å²) >= 11 is 0. The van der Waals surface area contributed by atoms with E-state index in [0.29, 0.717) is 36.5 Å². The number of aryl methyl sites for hydroxylation is 1. The highest BCUT2D eigenvalue weighted by Gasteiger charge is 2.20. The first-order valence-electron chi connectivity index (χ1n) is 8.90. The summed E-state index contributed by atoms with van der Waals surface area (Å²) in [4.78, 5) is 16.5. The molecule has 0 bridgehead atoms. The van der Waals surface area contributed by atoms with Crippen LogP contribution in [0.5, 0.6) is 5.75 Å². The lowest BCUT2D eigenvalue weighted by Crippen LogP contribution is -2.38. The van der Waals surface area contributed by atoms with Crippen LogP contribution in [0.15, 0.2) is 28.8 Å². The van der Waals surface area contributed by atoms with E-state index in [1.165, 1.54) is 12.8 Å².